The van der Waals surface area contributed by atoms with Gasteiger partial charge in [0, 0.05) is 18.0 Å². The van der Waals surface area contributed by atoms with Gasteiger partial charge in [-0.3, -0.25) is 4.79 Å². The van der Waals surface area contributed by atoms with Crippen molar-refractivity contribution in [3.8, 4) is 0 Å². The number of fused-ring (bicyclic) bond motifs is 1. The summed E-state index contributed by atoms with van der Waals surface area (Å²) in [4.78, 5) is 25.6. The van der Waals surface area contributed by atoms with Crippen LogP contribution < -0.4 is 4.90 Å². The minimum atomic E-state index is -1.01. The lowest BCUT2D eigenvalue weighted by atomic mass is 10.1. The molecule has 1 atom stereocenters. The summed E-state index contributed by atoms with van der Waals surface area (Å²) in [6.07, 6.45) is 0.472. The molecule has 0 bridgehead atoms. The first-order valence-corrected chi connectivity index (χ1v) is 6.89. The summed E-state index contributed by atoms with van der Waals surface area (Å²) < 4.78 is 0. The van der Waals surface area contributed by atoms with Crippen LogP contribution in [0.2, 0.25) is 0 Å². The molecule has 1 aliphatic heterocycles. The summed E-state index contributed by atoms with van der Waals surface area (Å²) in [6, 6.07) is 4.80. The van der Waals surface area contributed by atoms with Crippen LogP contribution in [0.25, 0.3) is 0 Å². The quantitative estimate of drug-likeness (QED) is 0.876. The second-order valence-electron chi connectivity index (χ2n) is 4.31. The van der Waals surface area contributed by atoms with Crippen LogP contribution in [0.5, 0.6) is 0 Å². The fourth-order valence-corrected chi connectivity index (χ4v) is 3.04. The van der Waals surface area contributed by atoms with Crippen molar-refractivity contribution < 1.29 is 19.8 Å². The lowest BCUT2D eigenvalue weighted by molar-refractivity contribution is -0.118. The lowest BCUT2D eigenvalue weighted by Gasteiger charge is -2.32. The summed E-state index contributed by atoms with van der Waals surface area (Å²) in [5.41, 5.74) is 0.789. The predicted molar refractivity (Wildman–Crippen MR) is 72.8 cm³/mol. The topological polar surface area (TPSA) is 77.8 Å². The Morgan fingerprint density at radius 1 is 1.47 bits per heavy atom. The first-order chi connectivity index (χ1) is 9.04. The summed E-state index contributed by atoms with van der Waals surface area (Å²) in [7, 11) is 0. The molecule has 2 N–H and O–H groups in total. The maximum absolute atomic E-state index is 12.2. The Balaban J connectivity index is 2.41. The minimum Gasteiger partial charge on any atom is -0.478 e. The Morgan fingerprint density at radius 2 is 2.21 bits per heavy atom. The molecule has 19 heavy (non-hydrogen) atoms. The van der Waals surface area contributed by atoms with E-state index in [0.717, 1.165) is 4.90 Å². The Labute approximate surface area is 115 Å². The molecule has 0 aromatic heterocycles. The van der Waals surface area contributed by atoms with E-state index in [1.165, 1.54) is 17.8 Å². The van der Waals surface area contributed by atoms with Crippen LogP contribution in [-0.2, 0) is 4.79 Å². The molecule has 1 aromatic carbocycles. The molecule has 1 aromatic rings. The fourth-order valence-electron chi connectivity index (χ4n) is 2.00. The van der Waals surface area contributed by atoms with Crippen molar-refractivity contribution in [2.75, 3.05) is 18.1 Å². The first kappa shape index (κ1) is 13.9. The van der Waals surface area contributed by atoms with E-state index in [4.69, 9.17) is 10.2 Å². The number of thioether (sulfide) groups is 1. The van der Waals surface area contributed by atoms with Crippen LogP contribution in [0.15, 0.2) is 23.1 Å². The smallest absolute Gasteiger partial charge is 0.335 e. The molecule has 0 spiro atoms. The SMILES string of the molecule is CC1Sc2ccc(C(=O)O)cc2N(CCCO)C1=O. The number of hydrogen-bond donors (Lipinski definition) is 2. The summed E-state index contributed by atoms with van der Waals surface area (Å²) >= 11 is 1.43. The molecular formula is C13H15NO4S. The van der Waals surface area contributed by atoms with Gasteiger partial charge in [0.15, 0.2) is 0 Å². The summed E-state index contributed by atoms with van der Waals surface area (Å²) in [5.74, 6) is -1.06. The number of carboxylic acid groups (broad SMARTS) is 1. The monoisotopic (exact) mass is 281 g/mol. The Hall–Kier alpha value is -1.53. The largest absolute Gasteiger partial charge is 0.478 e. The van der Waals surface area contributed by atoms with Crippen LogP contribution in [0, 0.1) is 0 Å². The fraction of sp³-hybridized carbons (Fsp3) is 0.385. The van der Waals surface area contributed by atoms with E-state index in [9.17, 15) is 9.59 Å². The van der Waals surface area contributed by atoms with Gasteiger partial charge in [-0.2, -0.15) is 0 Å². The van der Waals surface area contributed by atoms with Crippen molar-refractivity contribution in [2.45, 2.75) is 23.5 Å². The van der Waals surface area contributed by atoms with Gasteiger partial charge < -0.3 is 15.1 Å². The van der Waals surface area contributed by atoms with Crippen LogP contribution in [0.4, 0.5) is 5.69 Å². The maximum Gasteiger partial charge on any atom is 0.335 e. The van der Waals surface area contributed by atoms with Crippen LogP contribution in [0.1, 0.15) is 23.7 Å². The number of benzene rings is 1. The Kier molecular flexibility index (Phi) is 4.11. The van der Waals surface area contributed by atoms with Gasteiger partial charge in [0.2, 0.25) is 5.91 Å². The number of nitrogens with zero attached hydrogens (tertiary/aromatic N) is 1. The molecule has 0 aliphatic carbocycles. The molecular weight excluding hydrogens is 266 g/mol. The van der Waals surface area contributed by atoms with Crippen molar-refractivity contribution in [1.29, 1.82) is 0 Å². The second-order valence-corrected chi connectivity index (χ2v) is 5.70. The maximum atomic E-state index is 12.2. The lowest BCUT2D eigenvalue weighted by Crippen LogP contribution is -2.40. The molecule has 0 fully saturated rings. The van der Waals surface area contributed by atoms with Gasteiger partial charge >= 0.3 is 5.97 Å². The molecule has 2 rings (SSSR count). The van der Waals surface area contributed by atoms with E-state index in [2.05, 4.69) is 0 Å². The molecule has 1 amide bonds. The molecule has 5 nitrogen and oxygen atoms in total. The molecule has 1 aliphatic rings. The molecule has 0 saturated heterocycles. The van der Waals surface area contributed by atoms with Gasteiger partial charge in [-0.05, 0) is 31.5 Å². The molecule has 6 heteroatoms. The van der Waals surface area contributed by atoms with Gasteiger partial charge in [-0.25, -0.2) is 4.79 Å². The van der Waals surface area contributed by atoms with Gasteiger partial charge in [-0.1, -0.05) is 0 Å². The zero-order valence-corrected chi connectivity index (χ0v) is 11.3. The molecule has 1 unspecified atom stereocenters. The van der Waals surface area contributed by atoms with Crippen LogP contribution in [0.3, 0.4) is 0 Å². The standard InChI is InChI=1S/C13H15NO4S/c1-8-12(16)14(5-2-6-15)10-7-9(13(17)18)3-4-11(10)19-8/h3-4,7-8,15H,2,5-6H2,1H3,(H,17,18). The number of rotatable bonds is 4. The average Bonchev–Trinajstić information content (AvgIpc) is 2.39. The zero-order valence-electron chi connectivity index (χ0n) is 10.5. The number of aliphatic hydroxyl groups excluding tert-OH is 1. The van der Waals surface area contributed by atoms with Crippen molar-refractivity contribution in [3.63, 3.8) is 0 Å². The highest BCUT2D eigenvalue weighted by molar-refractivity contribution is 8.00. The zero-order chi connectivity index (χ0) is 14.0. The summed E-state index contributed by atoms with van der Waals surface area (Å²) in [5, 5.41) is 17.7. The highest BCUT2D eigenvalue weighted by Gasteiger charge is 2.30. The van der Waals surface area contributed by atoms with E-state index >= 15 is 0 Å². The number of aliphatic hydroxyl groups is 1. The van der Waals surface area contributed by atoms with Crippen molar-refractivity contribution in [1.82, 2.24) is 0 Å². The minimum absolute atomic E-state index is 0.000736. The van der Waals surface area contributed by atoms with Crippen LogP contribution >= 0.6 is 11.8 Å². The highest BCUT2D eigenvalue weighted by Crippen LogP contribution is 2.39. The van der Waals surface area contributed by atoms with Gasteiger partial charge in [0.1, 0.15) is 0 Å². The van der Waals surface area contributed by atoms with Crippen molar-refractivity contribution >= 4 is 29.3 Å². The number of anilines is 1. The van der Waals surface area contributed by atoms with Crippen LogP contribution in [-0.4, -0.2) is 40.5 Å². The second kappa shape index (κ2) is 5.63. The third-order valence-electron chi connectivity index (χ3n) is 2.95. The van der Waals surface area contributed by atoms with Gasteiger partial charge in [0.05, 0.1) is 16.5 Å². The number of amides is 1. The highest BCUT2D eigenvalue weighted by atomic mass is 32.2. The first-order valence-electron chi connectivity index (χ1n) is 6.01. The van der Waals surface area contributed by atoms with E-state index in [0.29, 0.717) is 18.7 Å². The van der Waals surface area contributed by atoms with E-state index < -0.39 is 5.97 Å². The number of hydrogen-bond acceptors (Lipinski definition) is 4. The Bertz CT molecular complexity index is 517. The number of carbonyl (C=O) groups is 2. The molecule has 0 saturated carbocycles. The van der Waals surface area contributed by atoms with Gasteiger partial charge in [-0.15, -0.1) is 11.8 Å². The van der Waals surface area contributed by atoms with E-state index in [-0.39, 0.29) is 23.3 Å². The van der Waals surface area contributed by atoms with E-state index in [1.807, 2.05) is 6.92 Å². The molecule has 102 valence electrons. The summed E-state index contributed by atoms with van der Waals surface area (Å²) in [6.45, 7) is 2.22. The van der Waals surface area contributed by atoms with E-state index in [1.54, 1.807) is 17.0 Å². The number of carbonyl (C=O) groups excluding carboxylic acids is 1. The Morgan fingerprint density at radius 3 is 2.84 bits per heavy atom. The van der Waals surface area contributed by atoms with Crippen molar-refractivity contribution in [2.24, 2.45) is 0 Å². The predicted octanol–water partition coefficient (Wildman–Crippen LogP) is 1.59. The normalized spacial score (nSPS) is 18.3. The number of aromatic carboxylic acids is 1. The molecule has 1 heterocycles. The van der Waals surface area contributed by atoms with Crippen molar-refractivity contribution in [3.05, 3.63) is 23.8 Å². The average molecular weight is 281 g/mol. The third-order valence-corrected chi connectivity index (χ3v) is 4.11. The molecule has 0 radical (unpaired) electrons. The third kappa shape index (κ3) is 2.74. The van der Waals surface area contributed by atoms with Gasteiger partial charge in [0.25, 0.3) is 0 Å². The number of carboxylic acids is 1.